The summed E-state index contributed by atoms with van der Waals surface area (Å²) in [6, 6.07) is 6.51. The van der Waals surface area contributed by atoms with Gasteiger partial charge >= 0.3 is 0 Å². The zero-order valence-electron chi connectivity index (χ0n) is 9.49. The summed E-state index contributed by atoms with van der Waals surface area (Å²) in [6.07, 6.45) is 5.59. The van der Waals surface area contributed by atoms with Crippen molar-refractivity contribution in [1.82, 2.24) is 0 Å². The topological polar surface area (TPSA) is 29.3 Å². The van der Waals surface area contributed by atoms with Crippen molar-refractivity contribution in [3.8, 4) is 0 Å². The summed E-state index contributed by atoms with van der Waals surface area (Å²) in [7, 11) is 0. The van der Waals surface area contributed by atoms with Gasteiger partial charge in [-0.05, 0) is 31.0 Å². The average Bonchev–Trinajstić information content (AvgIpc) is 2.29. The van der Waals surface area contributed by atoms with E-state index in [1.165, 1.54) is 5.69 Å². The molecule has 1 heterocycles. The Bertz CT molecular complexity index is 399. The summed E-state index contributed by atoms with van der Waals surface area (Å²) in [4.78, 5) is 2.37. The molecular formula is C13H17BrN2. The van der Waals surface area contributed by atoms with E-state index < -0.39 is 0 Å². The van der Waals surface area contributed by atoms with Crippen LogP contribution < -0.4 is 10.6 Å². The fourth-order valence-electron chi connectivity index (χ4n) is 1.96. The van der Waals surface area contributed by atoms with Gasteiger partial charge in [0.05, 0.1) is 0 Å². The maximum absolute atomic E-state index is 5.89. The number of nitrogens with two attached hydrogens (primary N) is 1. The van der Waals surface area contributed by atoms with Crippen molar-refractivity contribution in [2.24, 2.45) is 5.73 Å². The molecule has 0 fully saturated rings. The highest BCUT2D eigenvalue weighted by atomic mass is 79.9. The summed E-state index contributed by atoms with van der Waals surface area (Å²) in [5, 5.41) is 0. The number of hydrogen-bond donors (Lipinski definition) is 1. The maximum atomic E-state index is 5.89. The number of hydrogen-bond acceptors (Lipinski definition) is 2. The Labute approximate surface area is 105 Å². The van der Waals surface area contributed by atoms with Crippen molar-refractivity contribution < 1.29 is 0 Å². The standard InChI is InChI=1S/C13H17BrN2/c1-10(15)12-6-5-11(9-13(12)14)16-7-3-2-4-8-16/h2-3,5-6,9-10H,4,7-8,15H2,1H3/t10-/m1/s1. The lowest BCUT2D eigenvalue weighted by atomic mass is 10.1. The third kappa shape index (κ3) is 2.47. The van der Waals surface area contributed by atoms with Gasteiger partial charge in [0.1, 0.15) is 0 Å². The van der Waals surface area contributed by atoms with E-state index in [-0.39, 0.29) is 6.04 Å². The molecule has 0 unspecified atom stereocenters. The van der Waals surface area contributed by atoms with Crippen molar-refractivity contribution in [3.63, 3.8) is 0 Å². The Morgan fingerprint density at radius 3 is 2.75 bits per heavy atom. The van der Waals surface area contributed by atoms with Gasteiger partial charge in [-0.15, -0.1) is 0 Å². The van der Waals surface area contributed by atoms with E-state index in [1.807, 2.05) is 6.92 Å². The SMILES string of the molecule is C[C@@H](N)c1ccc(N2CC=CCC2)cc1Br. The second-order valence-corrected chi connectivity index (χ2v) is 5.05. The fraction of sp³-hybridized carbons (Fsp3) is 0.385. The van der Waals surface area contributed by atoms with Gasteiger partial charge in [-0.1, -0.05) is 34.1 Å². The van der Waals surface area contributed by atoms with E-state index in [0.29, 0.717) is 0 Å². The zero-order valence-corrected chi connectivity index (χ0v) is 11.1. The van der Waals surface area contributed by atoms with Crippen LogP contribution in [-0.2, 0) is 0 Å². The third-order valence-corrected chi connectivity index (χ3v) is 3.58. The van der Waals surface area contributed by atoms with Crippen LogP contribution in [0.1, 0.15) is 24.9 Å². The first-order valence-electron chi connectivity index (χ1n) is 5.63. The highest BCUT2D eigenvalue weighted by molar-refractivity contribution is 9.10. The molecule has 0 aromatic heterocycles. The average molecular weight is 281 g/mol. The van der Waals surface area contributed by atoms with E-state index in [1.54, 1.807) is 0 Å². The molecule has 0 aliphatic carbocycles. The Morgan fingerprint density at radius 1 is 1.38 bits per heavy atom. The van der Waals surface area contributed by atoms with E-state index in [9.17, 15) is 0 Å². The molecule has 1 atom stereocenters. The molecule has 3 heteroatoms. The lowest BCUT2D eigenvalue weighted by Gasteiger charge is -2.26. The minimum absolute atomic E-state index is 0.0738. The van der Waals surface area contributed by atoms with E-state index in [4.69, 9.17) is 5.73 Å². The number of rotatable bonds is 2. The first kappa shape index (κ1) is 11.7. The molecule has 2 rings (SSSR count). The molecule has 86 valence electrons. The van der Waals surface area contributed by atoms with E-state index >= 15 is 0 Å². The van der Waals surface area contributed by atoms with Crippen LogP contribution in [0.4, 0.5) is 5.69 Å². The number of halogens is 1. The minimum atomic E-state index is 0.0738. The fourth-order valence-corrected chi connectivity index (χ4v) is 2.69. The molecule has 0 spiro atoms. The summed E-state index contributed by atoms with van der Waals surface area (Å²) < 4.78 is 1.11. The van der Waals surface area contributed by atoms with Crippen LogP contribution in [-0.4, -0.2) is 13.1 Å². The lowest BCUT2D eigenvalue weighted by molar-refractivity contribution is 0.803. The first-order valence-corrected chi connectivity index (χ1v) is 6.43. The molecule has 2 N–H and O–H groups in total. The van der Waals surface area contributed by atoms with Crippen LogP contribution in [0.15, 0.2) is 34.8 Å². The normalized spacial score (nSPS) is 17.6. The second-order valence-electron chi connectivity index (χ2n) is 4.20. The lowest BCUT2D eigenvalue weighted by Crippen LogP contribution is -2.26. The van der Waals surface area contributed by atoms with Gasteiger partial charge in [-0.25, -0.2) is 0 Å². The Hall–Kier alpha value is -0.800. The highest BCUT2D eigenvalue weighted by Gasteiger charge is 2.10. The molecule has 1 aromatic carbocycles. The predicted molar refractivity (Wildman–Crippen MR) is 72.7 cm³/mol. The van der Waals surface area contributed by atoms with Crippen LogP contribution in [0.25, 0.3) is 0 Å². The Kier molecular flexibility index (Phi) is 3.66. The predicted octanol–water partition coefficient (Wildman–Crippen LogP) is 3.24. The van der Waals surface area contributed by atoms with Crippen molar-refractivity contribution in [1.29, 1.82) is 0 Å². The van der Waals surface area contributed by atoms with E-state index in [0.717, 1.165) is 29.5 Å². The molecule has 0 saturated carbocycles. The molecule has 0 saturated heterocycles. The van der Waals surface area contributed by atoms with Gasteiger partial charge in [0, 0.05) is 29.3 Å². The quantitative estimate of drug-likeness (QED) is 0.843. The van der Waals surface area contributed by atoms with E-state index in [2.05, 4.69) is 51.2 Å². The van der Waals surface area contributed by atoms with Crippen molar-refractivity contribution in [3.05, 3.63) is 40.4 Å². The molecule has 0 bridgehead atoms. The molecular weight excluding hydrogens is 264 g/mol. The first-order chi connectivity index (χ1) is 7.68. The smallest absolute Gasteiger partial charge is 0.0380 e. The summed E-state index contributed by atoms with van der Waals surface area (Å²) in [5.74, 6) is 0. The molecule has 1 aliphatic rings. The van der Waals surface area contributed by atoms with Crippen LogP contribution in [0.5, 0.6) is 0 Å². The molecule has 0 radical (unpaired) electrons. The summed E-state index contributed by atoms with van der Waals surface area (Å²) >= 11 is 3.59. The van der Waals surface area contributed by atoms with Gasteiger partial charge in [-0.2, -0.15) is 0 Å². The molecule has 16 heavy (non-hydrogen) atoms. The van der Waals surface area contributed by atoms with Gasteiger partial charge < -0.3 is 10.6 Å². The van der Waals surface area contributed by atoms with Crippen LogP contribution in [0.3, 0.4) is 0 Å². The molecule has 2 nitrogen and oxygen atoms in total. The van der Waals surface area contributed by atoms with Crippen molar-refractivity contribution in [2.45, 2.75) is 19.4 Å². The Morgan fingerprint density at radius 2 is 2.19 bits per heavy atom. The number of anilines is 1. The van der Waals surface area contributed by atoms with Crippen molar-refractivity contribution >= 4 is 21.6 Å². The highest BCUT2D eigenvalue weighted by Crippen LogP contribution is 2.28. The number of benzene rings is 1. The largest absolute Gasteiger partial charge is 0.367 e. The summed E-state index contributed by atoms with van der Waals surface area (Å²) in [5.41, 5.74) is 8.32. The van der Waals surface area contributed by atoms with Crippen LogP contribution >= 0.6 is 15.9 Å². The Balaban J connectivity index is 2.23. The summed E-state index contributed by atoms with van der Waals surface area (Å²) in [6.45, 7) is 4.10. The minimum Gasteiger partial charge on any atom is -0.367 e. The van der Waals surface area contributed by atoms with Crippen LogP contribution in [0.2, 0.25) is 0 Å². The third-order valence-electron chi connectivity index (χ3n) is 2.90. The maximum Gasteiger partial charge on any atom is 0.0380 e. The molecule has 1 aliphatic heterocycles. The molecule has 1 aromatic rings. The van der Waals surface area contributed by atoms with Crippen LogP contribution in [0, 0.1) is 0 Å². The molecule has 0 amide bonds. The van der Waals surface area contributed by atoms with Gasteiger partial charge in [0.25, 0.3) is 0 Å². The van der Waals surface area contributed by atoms with Gasteiger partial charge in [0.2, 0.25) is 0 Å². The van der Waals surface area contributed by atoms with Gasteiger partial charge in [-0.3, -0.25) is 0 Å². The second kappa shape index (κ2) is 5.02. The zero-order chi connectivity index (χ0) is 11.5. The van der Waals surface area contributed by atoms with Crippen molar-refractivity contribution in [2.75, 3.05) is 18.0 Å². The number of nitrogens with zero attached hydrogens (tertiary/aromatic N) is 1. The monoisotopic (exact) mass is 280 g/mol. The van der Waals surface area contributed by atoms with Gasteiger partial charge in [0.15, 0.2) is 0 Å².